The van der Waals surface area contributed by atoms with Crippen LogP contribution < -0.4 is 15.8 Å². The van der Waals surface area contributed by atoms with Gasteiger partial charge in [0, 0.05) is 11.9 Å². The number of ether oxygens (including phenoxy) is 1. The molecule has 4 N–H and O–H groups in total. The number of hydrogen-bond donors (Lipinski definition) is 3. The summed E-state index contributed by atoms with van der Waals surface area (Å²) in [5.41, 5.74) is 9.94. The van der Waals surface area contributed by atoms with E-state index >= 15 is 0 Å². The molecule has 1 amide bonds. The van der Waals surface area contributed by atoms with Crippen LogP contribution in [0.25, 0.3) is 16.9 Å². The topological polar surface area (TPSA) is 102 Å². The largest absolute Gasteiger partial charge is 0.507 e. The normalized spacial score (nSPS) is 10.9. The summed E-state index contributed by atoms with van der Waals surface area (Å²) >= 11 is 0. The number of pyridine rings is 1. The minimum atomic E-state index is -0.604. The summed E-state index contributed by atoms with van der Waals surface area (Å²) < 4.78 is 7.48. The highest BCUT2D eigenvalue weighted by Gasteiger charge is 2.22. The molecule has 4 aromatic rings. The highest BCUT2D eigenvalue weighted by molar-refractivity contribution is 5.87. The maximum atomic E-state index is 11.2. The Labute approximate surface area is 173 Å². The number of primary amides is 1. The molecule has 0 aliphatic carbocycles. The van der Waals surface area contributed by atoms with E-state index in [0.717, 1.165) is 16.8 Å². The van der Waals surface area contributed by atoms with Gasteiger partial charge in [0.25, 0.3) is 5.91 Å². The molecule has 0 atom stereocenters. The third kappa shape index (κ3) is 3.53. The molecule has 0 aliphatic heterocycles. The van der Waals surface area contributed by atoms with Crippen LogP contribution in [0.15, 0.2) is 60.8 Å². The number of phenolic OH excluding ortho intramolecular Hbond substituents is 1. The smallest absolute Gasteiger partial charge is 0.255 e. The van der Waals surface area contributed by atoms with Crippen molar-refractivity contribution in [1.29, 1.82) is 0 Å². The standard InChI is InChI=1S/C23H22N4O3/c1-14-7-5-8-15(2)21(14)26-23-22(25-19-11-3-4-12-27(19)23)20-16(28)9-6-10-17(20)30-13-18(24)29/h3-12,26,28H,13H2,1-2H3,(H2,24,29). The van der Waals surface area contributed by atoms with Crippen molar-refractivity contribution < 1.29 is 14.6 Å². The Morgan fingerprint density at radius 2 is 1.83 bits per heavy atom. The number of amides is 1. The molecule has 0 fully saturated rings. The molecule has 2 aromatic carbocycles. The first-order valence-electron chi connectivity index (χ1n) is 9.49. The number of carbonyl (C=O) groups is 1. The number of carbonyl (C=O) groups excluding carboxylic acids is 1. The van der Waals surface area contributed by atoms with Crippen molar-refractivity contribution in [2.45, 2.75) is 13.8 Å². The van der Waals surface area contributed by atoms with E-state index in [-0.39, 0.29) is 12.4 Å². The maximum Gasteiger partial charge on any atom is 0.255 e. The molecule has 7 nitrogen and oxygen atoms in total. The number of hydrogen-bond acceptors (Lipinski definition) is 5. The van der Waals surface area contributed by atoms with E-state index in [0.29, 0.717) is 28.5 Å². The molecule has 0 bridgehead atoms. The molecule has 30 heavy (non-hydrogen) atoms. The van der Waals surface area contributed by atoms with Gasteiger partial charge in [0.2, 0.25) is 0 Å². The molecule has 0 radical (unpaired) electrons. The second kappa shape index (κ2) is 7.79. The van der Waals surface area contributed by atoms with Crippen LogP contribution in [0.5, 0.6) is 11.5 Å². The lowest BCUT2D eigenvalue weighted by Gasteiger charge is -2.16. The summed E-state index contributed by atoms with van der Waals surface area (Å²) in [6.07, 6.45) is 1.89. The number of rotatable bonds is 6. The number of aromatic hydroxyl groups is 1. The zero-order valence-electron chi connectivity index (χ0n) is 16.7. The number of nitrogens with zero attached hydrogens (tertiary/aromatic N) is 2. The van der Waals surface area contributed by atoms with Crippen LogP contribution in [0, 0.1) is 13.8 Å². The number of fused-ring (bicyclic) bond motifs is 1. The summed E-state index contributed by atoms with van der Waals surface area (Å²) in [5.74, 6) is 0.383. The average Bonchev–Trinajstić information content (AvgIpc) is 3.07. The van der Waals surface area contributed by atoms with Crippen LogP contribution in [0.2, 0.25) is 0 Å². The lowest BCUT2D eigenvalue weighted by Crippen LogP contribution is -2.20. The molecule has 0 unspecified atom stereocenters. The molecule has 0 saturated heterocycles. The van der Waals surface area contributed by atoms with Crippen LogP contribution in [0.3, 0.4) is 0 Å². The highest BCUT2D eigenvalue weighted by atomic mass is 16.5. The van der Waals surface area contributed by atoms with Gasteiger partial charge < -0.3 is 20.9 Å². The Kier molecular flexibility index (Phi) is 5.02. The van der Waals surface area contributed by atoms with Crippen molar-refractivity contribution in [3.63, 3.8) is 0 Å². The van der Waals surface area contributed by atoms with Gasteiger partial charge in [0.05, 0.1) is 5.56 Å². The van der Waals surface area contributed by atoms with Crippen LogP contribution in [-0.2, 0) is 4.79 Å². The fourth-order valence-corrected chi connectivity index (χ4v) is 3.45. The number of phenols is 1. The number of imidazole rings is 1. The molecular formula is C23H22N4O3. The fourth-order valence-electron chi connectivity index (χ4n) is 3.45. The number of nitrogens with one attached hydrogen (secondary N) is 1. The molecule has 0 aliphatic rings. The monoisotopic (exact) mass is 402 g/mol. The number of para-hydroxylation sites is 1. The summed E-state index contributed by atoms with van der Waals surface area (Å²) in [6.45, 7) is 3.75. The molecule has 152 valence electrons. The van der Waals surface area contributed by atoms with Gasteiger partial charge in [-0.25, -0.2) is 4.98 Å². The second-order valence-electron chi connectivity index (χ2n) is 7.03. The molecule has 2 aromatic heterocycles. The van der Waals surface area contributed by atoms with Gasteiger partial charge in [-0.15, -0.1) is 0 Å². The summed E-state index contributed by atoms with van der Waals surface area (Å²) in [5, 5.41) is 14.2. The number of aryl methyl sites for hydroxylation is 2. The summed E-state index contributed by atoms with van der Waals surface area (Å²) in [6, 6.07) is 16.6. The first-order valence-corrected chi connectivity index (χ1v) is 9.49. The molecule has 4 rings (SSSR count). The number of anilines is 2. The lowest BCUT2D eigenvalue weighted by molar-refractivity contribution is -0.119. The molecule has 0 saturated carbocycles. The van der Waals surface area contributed by atoms with Gasteiger partial charge >= 0.3 is 0 Å². The molecule has 7 heteroatoms. The highest BCUT2D eigenvalue weighted by Crippen LogP contribution is 2.42. The summed E-state index contributed by atoms with van der Waals surface area (Å²) in [4.78, 5) is 16.0. The van der Waals surface area contributed by atoms with E-state index in [1.807, 2.05) is 60.8 Å². The predicted octanol–water partition coefficient (Wildman–Crippen LogP) is 3.93. The van der Waals surface area contributed by atoms with Gasteiger partial charge in [0.1, 0.15) is 28.7 Å². The van der Waals surface area contributed by atoms with Crippen LogP contribution in [-0.4, -0.2) is 27.0 Å². The Hall–Kier alpha value is -4.00. The third-order valence-electron chi connectivity index (χ3n) is 4.87. The van der Waals surface area contributed by atoms with Crippen molar-refractivity contribution in [3.05, 3.63) is 71.9 Å². The minimum Gasteiger partial charge on any atom is -0.507 e. The quantitative estimate of drug-likeness (QED) is 0.454. The zero-order valence-corrected chi connectivity index (χ0v) is 16.7. The second-order valence-corrected chi connectivity index (χ2v) is 7.03. The van der Waals surface area contributed by atoms with Gasteiger partial charge in [-0.2, -0.15) is 0 Å². The van der Waals surface area contributed by atoms with Crippen LogP contribution in [0.1, 0.15) is 11.1 Å². The first-order chi connectivity index (χ1) is 14.5. The van der Waals surface area contributed by atoms with Crippen molar-refractivity contribution >= 4 is 23.1 Å². The lowest BCUT2D eigenvalue weighted by atomic mass is 10.1. The van der Waals surface area contributed by atoms with E-state index in [9.17, 15) is 9.90 Å². The van der Waals surface area contributed by atoms with E-state index in [4.69, 9.17) is 15.5 Å². The van der Waals surface area contributed by atoms with E-state index < -0.39 is 5.91 Å². The van der Waals surface area contributed by atoms with Crippen molar-refractivity contribution in [2.24, 2.45) is 5.73 Å². The van der Waals surface area contributed by atoms with Gasteiger partial charge in [-0.3, -0.25) is 9.20 Å². The summed E-state index contributed by atoms with van der Waals surface area (Å²) in [7, 11) is 0. The van der Waals surface area contributed by atoms with E-state index in [1.54, 1.807) is 18.2 Å². The Morgan fingerprint density at radius 3 is 2.57 bits per heavy atom. The number of aromatic nitrogens is 2. The number of nitrogens with two attached hydrogens (primary N) is 1. The van der Waals surface area contributed by atoms with Gasteiger partial charge in [0.15, 0.2) is 6.61 Å². The molecule has 2 heterocycles. The third-order valence-corrected chi connectivity index (χ3v) is 4.87. The van der Waals surface area contributed by atoms with Gasteiger partial charge in [-0.1, -0.05) is 30.3 Å². The SMILES string of the molecule is Cc1cccc(C)c1Nc1c(-c2c(O)cccc2OCC(N)=O)nc2ccccn12. The Bertz CT molecular complexity index is 1230. The van der Waals surface area contributed by atoms with Crippen molar-refractivity contribution in [3.8, 4) is 22.8 Å². The van der Waals surface area contributed by atoms with Crippen molar-refractivity contribution in [2.75, 3.05) is 11.9 Å². The molecular weight excluding hydrogens is 380 g/mol. The first kappa shape index (κ1) is 19.3. The Balaban J connectivity index is 1.93. The fraction of sp³-hybridized carbons (Fsp3) is 0.130. The maximum absolute atomic E-state index is 11.2. The van der Waals surface area contributed by atoms with Crippen LogP contribution >= 0.6 is 0 Å². The number of benzene rings is 2. The Morgan fingerprint density at radius 1 is 1.10 bits per heavy atom. The zero-order chi connectivity index (χ0) is 21.3. The van der Waals surface area contributed by atoms with Crippen molar-refractivity contribution in [1.82, 2.24) is 9.38 Å². The minimum absolute atomic E-state index is 0.00932. The average molecular weight is 402 g/mol. The van der Waals surface area contributed by atoms with E-state index in [2.05, 4.69) is 5.32 Å². The van der Waals surface area contributed by atoms with E-state index in [1.165, 1.54) is 0 Å². The van der Waals surface area contributed by atoms with Crippen LogP contribution in [0.4, 0.5) is 11.5 Å². The van der Waals surface area contributed by atoms with Gasteiger partial charge in [-0.05, 0) is 49.2 Å². The predicted molar refractivity (Wildman–Crippen MR) is 116 cm³/mol. The molecule has 0 spiro atoms.